The molecule has 0 fully saturated rings. The van der Waals surface area contributed by atoms with Gasteiger partial charge in [-0.2, -0.15) is 0 Å². The highest BCUT2D eigenvalue weighted by Gasteiger charge is 2.11. The summed E-state index contributed by atoms with van der Waals surface area (Å²) in [5, 5.41) is 9.57. The van der Waals surface area contributed by atoms with Crippen LogP contribution in [0.3, 0.4) is 0 Å². The molecule has 0 bridgehead atoms. The van der Waals surface area contributed by atoms with Crippen molar-refractivity contribution in [3.05, 3.63) is 34.7 Å². The normalized spacial score (nSPS) is 12.1. The zero-order chi connectivity index (χ0) is 12.0. The van der Waals surface area contributed by atoms with E-state index in [0.717, 1.165) is 0 Å². The quantitative estimate of drug-likeness (QED) is 0.725. The van der Waals surface area contributed by atoms with Crippen LogP contribution in [0.4, 0.5) is 0 Å². The number of carbonyl (C=O) groups is 1. The highest BCUT2D eigenvalue weighted by Crippen LogP contribution is 1.98. The second-order valence-corrected chi connectivity index (χ2v) is 3.39. The van der Waals surface area contributed by atoms with E-state index in [-0.39, 0.29) is 18.4 Å². The Kier molecular flexibility index (Phi) is 4.72. The third-order valence-electron chi connectivity index (χ3n) is 1.99. The van der Waals surface area contributed by atoms with Gasteiger partial charge >= 0.3 is 5.97 Å². The number of aliphatic hydroxyl groups excluding tert-OH is 1. The maximum absolute atomic E-state index is 11.1. The van der Waals surface area contributed by atoms with Crippen LogP contribution in [-0.2, 0) is 16.1 Å². The van der Waals surface area contributed by atoms with Crippen molar-refractivity contribution in [1.29, 1.82) is 0 Å². The molecule has 0 saturated carbocycles. The molecule has 5 heteroatoms. The Bertz CT molecular complexity index is 379. The third kappa shape index (κ3) is 4.27. The van der Waals surface area contributed by atoms with E-state index < -0.39 is 12.1 Å². The van der Waals surface area contributed by atoms with Crippen LogP contribution in [0.25, 0.3) is 0 Å². The van der Waals surface area contributed by atoms with Gasteiger partial charge in [0.1, 0.15) is 0 Å². The molecule has 5 nitrogen and oxygen atoms in total. The molecule has 1 unspecified atom stereocenters. The first-order chi connectivity index (χ1) is 7.61. The minimum absolute atomic E-state index is 0.0417. The summed E-state index contributed by atoms with van der Waals surface area (Å²) in [6, 6.07) is 2.80. The van der Waals surface area contributed by atoms with Gasteiger partial charge in [-0.1, -0.05) is 0 Å². The number of nitrogens with zero attached hydrogens (tertiary/aromatic N) is 1. The first-order valence-electron chi connectivity index (χ1n) is 5.11. The Balaban J connectivity index is 2.45. The molecule has 0 aromatic carbocycles. The van der Waals surface area contributed by atoms with Crippen LogP contribution in [0.2, 0.25) is 0 Å². The molecule has 0 radical (unpaired) electrons. The Morgan fingerprint density at radius 2 is 2.12 bits per heavy atom. The van der Waals surface area contributed by atoms with E-state index in [2.05, 4.69) is 0 Å². The molecule has 1 aromatic rings. The lowest BCUT2D eigenvalue weighted by Crippen LogP contribution is -2.21. The average Bonchev–Trinajstić information content (AvgIpc) is 2.21. The topological polar surface area (TPSA) is 68.5 Å². The third-order valence-corrected chi connectivity index (χ3v) is 1.99. The van der Waals surface area contributed by atoms with Crippen molar-refractivity contribution in [3.63, 3.8) is 0 Å². The number of hydrogen-bond acceptors (Lipinski definition) is 4. The van der Waals surface area contributed by atoms with Crippen LogP contribution in [-0.4, -0.2) is 28.4 Å². The fourth-order valence-electron chi connectivity index (χ4n) is 1.29. The molecule has 0 aliphatic rings. The molecular weight excluding hydrogens is 210 g/mol. The van der Waals surface area contributed by atoms with Crippen molar-refractivity contribution in [2.45, 2.75) is 26.0 Å². The van der Waals surface area contributed by atoms with E-state index in [9.17, 15) is 14.7 Å². The Hall–Kier alpha value is -1.62. The summed E-state index contributed by atoms with van der Waals surface area (Å²) in [5.74, 6) is -0.420. The van der Waals surface area contributed by atoms with Crippen molar-refractivity contribution in [3.8, 4) is 0 Å². The summed E-state index contributed by atoms with van der Waals surface area (Å²) in [7, 11) is 0. The van der Waals surface area contributed by atoms with Gasteiger partial charge in [-0.25, -0.2) is 0 Å². The summed E-state index contributed by atoms with van der Waals surface area (Å²) in [5.41, 5.74) is -0.0869. The predicted octanol–water partition coefficient (Wildman–Crippen LogP) is 0.162. The molecule has 1 rings (SSSR count). The minimum atomic E-state index is -0.804. The van der Waals surface area contributed by atoms with Gasteiger partial charge in [-0.05, 0) is 6.92 Å². The average molecular weight is 225 g/mol. The van der Waals surface area contributed by atoms with E-state index in [0.29, 0.717) is 6.61 Å². The van der Waals surface area contributed by atoms with Gasteiger partial charge in [0.05, 0.1) is 19.1 Å². The van der Waals surface area contributed by atoms with Gasteiger partial charge in [0.2, 0.25) is 0 Å². The van der Waals surface area contributed by atoms with Crippen molar-refractivity contribution >= 4 is 5.97 Å². The van der Waals surface area contributed by atoms with Crippen LogP contribution in [0.15, 0.2) is 29.3 Å². The van der Waals surface area contributed by atoms with E-state index in [4.69, 9.17) is 4.74 Å². The molecule has 1 atom stereocenters. The number of pyridine rings is 1. The highest BCUT2D eigenvalue weighted by atomic mass is 16.5. The zero-order valence-corrected chi connectivity index (χ0v) is 9.13. The minimum Gasteiger partial charge on any atom is -0.466 e. The number of ether oxygens (including phenoxy) is 1. The lowest BCUT2D eigenvalue weighted by molar-refractivity contribution is -0.145. The Labute approximate surface area is 93.3 Å². The summed E-state index contributed by atoms with van der Waals surface area (Å²) in [6.07, 6.45) is 2.29. The zero-order valence-electron chi connectivity index (χ0n) is 9.13. The molecule has 0 aliphatic heterocycles. The van der Waals surface area contributed by atoms with Gasteiger partial charge in [0, 0.05) is 31.1 Å². The van der Waals surface area contributed by atoms with Crippen LogP contribution in [0, 0.1) is 0 Å². The summed E-state index contributed by atoms with van der Waals surface area (Å²) in [6.45, 7) is 2.29. The van der Waals surface area contributed by atoms with Crippen LogP contribution < -0.4 is 5.43 Å². The van der Waals surface area contributed by atoms with Gasteiger partial charge in [0.15, 0.2) is 5.43 Å². The first-order valence-corrected chi connectivity index (χ1v) is 5.11. The summed E-state index contributed by atoms with van der Waals surface area (Å²) >= 11 is 0. The molecule has 16 heavy (non-hydrogen) atoms. The second kappa shape index (κ2) is 6.07. The number of aromatic nitrogens is 1. The lowest BCUT2D eigenvalue weighted by Gasteiger charge is -2.11. The van der Waals surface area contributed by atoms with E-state index in [1.165, 1.54) is 12.1 Å². The molecule has 1 N–H and O–H groups in total. The number of aliphatic hydroxyl groups is 1. The first kappa shape index (κ1) is 12.4. The standard InChI is InChI=1S/C11H15NO4/c1-2-16-11(15)7-10(14)8-12-5-3-9(13)4-6-12/h3-6,10,14H,2,7-8H2,1H3. The fraction of sp³-hybridized carbons (Fsp3) is 0.455. The van der Waals surface area contributed by atoms with Gasteiger partial charge < -0.3 is 14.4 Å². The van der Waals surface area contributed by atoms with Crippen molar-refractivity contribution in [2.75, 3.05) is 6.61 Å². The maximum Gasteiger partial charge on any atom is 0.308 e. The molecule has 88 valence electrons. The van der Waals surface area contributed by atoms with E-state index >= 15 is 0 Å². The van der Waals surface area contributed by atoms with Gasteiger partial charge in [-0.15, -0.1) is 0 Å². The lowest BCUT2D eigenvalue weighted by atomic mass is 10.2. The number of rotatable bonds is 5. The molecule has 0 saturated heterocycles. The highest BCUT2D eigenvalue weighted by molar-refractivity contribution is 5.69. The SMILES string of the molecule is CCOC(=O)CC(O)Cn1ccc(=O)cc1. The Morgan fingerprint density at radius 1 is 1.50 bits per heavy atom. The van der Waals surface area contributed by atoms with E-state index in [1.807, 2.05) is 0 Å². The Morgan fingerprint density at radius 3 is 2.69 bits per heavy atom. The number of esters is 1. The molecule has 1 heterocycles. The molecule has 0 aliphatic carbocycles. The molecule has 0 amide bonds. The van der Waals surface area contributed by atoms with Crippen molar-refractivity contribution in [1.82, 2.24) is 4.57 Å². The predicted molar refractivity (Wildman–Crippen MR) is 58.0 cm³/mol. The van der Waals surface area contributed by atoms with Crippen LogP contribution >= 0.6 is 0 Å². The summed E-state index contributed by atoms with van der Waals surface area (Å²) < 4.78 is 6.36. The van der Waals surface area contributed by atoms with Crippen molar-refractivity contribution < 1.29 is 14.6 Å². The monoisotopic (exact) mass is 225 g/mol. The van der Waals surface area contributed by atoms with Crippen LogP contribution in [0.1, 0.15) is 13.3 Å². The number of hydrogen-bond donors (Lipinski definition) is 1. The summed E-state index contributed by atoms with van der Waals surface area (Å²) in [4.78, 5) is 21.9. The van der Waals surface area contributed by atoms with E-state index in [1.54, 1.807) is 23.9 Å². The maximum atomic E-state index is 11.1. The second-order valence-electron chi connectivity index (χ2n) is 3.39. The fourth-order valence-corrected chi connectivity index (χ4v) is 1.29. The van der Waals surface area contributed by atoms with Crippen molar-refractivity contribution in [2.24, 2.45) is 0 Å². The molecular formula is C11H15NO4. The van der Waals surface area contributed by atoms with Crippen LogP contribution in [0.5, 0.6) is 0 Å². The smallest absolute Gasteiger partial charge is 0.308 e. The number of carbonyl (C=O) groups excluding carboxylic acids is 1. The molecule has 0 spiro atoms. The van der Waals surface area contributed by atoms with Gasteiger partial charge in [0.25, 0.3) is 0 Å². The molecule has 1 aromatic heterocycles. The largest absolute Gasteiger partial charge is 0.466 e. The van der Waals surface area contributed by atoms with Gasteiger partial charge in [-0.3, -0.25) is 9.59 Å².